The van der Waals surface area contributed by atoms with Gasteiger partial charge in [0.05, 0.1) is 33.7 Å². The van der Waals surface area contributed by atoms with Crippen molar-refractivity contribution in [3.05, 3.63) is 47.4 Å². The average Bonchev–Trinajstić information content (AvgIpc) is 2.94. The maximum atomic E-state index is 14.0. The van der Waals surface area contributed by atoms with Crippen LogP contribution in [0, 0.1) is 5.82 Å². The van der Waals surface area contributed by atoms with Crippen molar-refractivity contribution in [1.82, 2.24) is 19.7 Å². The highest BCUT2D eigenvalue weighted by Crippen LogP contribution is 2.33. The van der Waals surface area contributed by atoms with E-state index >= 15 is 0 Å². The van der Waals surface area contributed by atoms with E-state index in [2.05, 4.69) is 15.3 Å². The molecule has 0 radical (unpaired) electrons. The Morgan fingerprint density at radius 3 is 2.91 bits per heavy atom. The minimum atomic E-state index is -0.530. The highest BCUT2D eigenvalue weighted by atomic mass is 35.5. The Morgan fingerprint density at radius 1 is 1.41 bits per heavy atom. The molecule has 0 aliphatic heterocycles. The molecule has 2 aromatic heterocycles. The first-order valence-electron chi connectivity index (χ1n) is 6.31. The van der Waals surface area contributed by atoms with Crippen molar-refractivity contribution >= 4 is 28.7 Å². The number of benzene rings is 1. The highest BCUT2D eigenvalue weighted by Gasteiger charge is 2.17. The molecule has 0 atom stereocenters. The molecule has 0 bridgehead atoms. The average molecular weight is 320 g/mol. The monoisotopic (exact) mass is 319 g/mol. The molecule has 3 aromatic rings. The minimum absolute atomic E-state index is 0.0958. The molecule has 1 aromatic carbocycles. The Labute approximate surface area is 129 Å². The number of amides is 1. The summed E-state index contributed by atoms with van der Waals surface area (Å²) in [5.74, 6) is -0.858. The smallest absolute Gasteiger partial charge is 0.271 e. The van der Waals surface area contributed by atoms with Crippen LogP contribution in [-0.4, -0.2) is 27.3 Å². The lowest BCUT2D eigenvalue weighted by Crippen LogP contribution is -2.18. The number of imidazole rings is 1. The van der Waals surface area contributed by atoms with Gasteiger partial charge in [0, 0.05) is 13.2 Å². The summed E-state index contributed by atoms with van der Waals surface area (Å²) >= 11 is 6.07. The first-order valence-corrected chi connectivity index (χ1v) is 6.69. The van der Waals surface area contributed by atoms with E-state index in [1.165, 1.54) is 31.7 Å². The van der Waals surface area contributed by atoms with Gasteiger partial charge in [-0.3, -0.25) is 9.78 Å². The Balaban J connectivity index is 2.19. The summed E-state index contributed by atoms with van der Waals surface area (Å²) in [5, 5.41) is 2.59. The number of aromatic nitrogens is 3. The van der Waals surface area contributed by atoms with Crippen LogP contribution in [0.2, 0.25) is 5.02 Å². The number of rotatable bonds is 2. The van der Waals surface area contributed by atoms with Gasteiger partial charge in [-0.1, -0.05) is 11.6 Å². The van der Waals surface area contributed by atoms with Gasteiger partial charge in [0.2, 0.25) is 0 Å². The maximum Gasteiger partial charge on any atom is 0.271 e. The van der Waals surface area contributed by atoms with Crippen LogP contribution < -0.4 is 11.1 Å². The molecule has 0 saturated heterocycles. The Morgan fingerprint density at radius 2 is 2.18 bits per heavy atom. The first-order chi connectivity index (χ1) is 10.5. The van der Waals surface area contributed by atoms with Gasteiger partial charge < -0.3 is 15.5 Å². The van der Waals surface area contributed by atoms with E-state index in [1.807, 2.05) is 0 Å². The number of anilines is 1. The molecule has 3 rings (SSSR count). The maximum absolute atomic E-state index is 14.0. The number of carbonyl (C=O) groups is 1. The molecular formula is C14H11ClFN5O. The predicted octanol–water partition coefficient (Wildman–Crippen LogP) is 2.13. The number of nitrogens with zero attached hydrogens (tertiary/aromatic N) is 3. The fourth-order valence-electron chi connectivity index (χ4n) is 2.12. The van der Waals surface area contributed by atoms with Crippen molar-refractivity contribution in [3.63, 3.8) is 0 Å². The zero-order valence-electron chi connectivity index (χ0n) is 11.5. The molecule has 22 heavy (non-hydrogen) atoms. The highest BCUT2D eigenvalue weighted by molar-refractivity contribution is 6.35. The Bertz CT molecular complexity index is 892. The molecule has 112 valence electrons. The molecule has 0 aliphatic carbocycles. The van der Waals surface area contributed by atoms with E-state index < -0.39 is 5.82 Å². The number of fused-ring (bicyclic) bond motifs is 1. The number of hydrogen-bond acceptors (Lipinski definition) is 4. The molecule has 8 heteroatoms. The second kappa shape index (κ2) is 5.27. The lowest BCUT2D eigenvalue weighted by molar-refractivity contribution is 0.0960. The number of hydrogen-bond donors (Lipinski definition) is 2. The van der Waals surface area contributed by atoms with Gasteiger partial charge in [-0.05, 0) is 12.1 Å². The van der Waals surface area contributed by atoms with E-state index in [9.17, 15) is 9.18 Å². The fraction of sp³-hybridized carbons (Fsp3) is 0.0714. The van der Waals surface area contributed by atoms with E-state index in [0.717, 1.165) is 0 Å². The van der Waals surface area contributed by atoms with Gasteiger partial charge in [0.1, 0.15) is 12.1 Å². The van der Waals surface area contributed by atoms with Gasteiger partial charge in [0.25, 0.3) is 5.91 Å². The number of nitrogens with one attached hydrogen (secondary N) is 1. The number of nitrogen functional groups attached to an aromatic ring is 1. The van der Waals surface area contributed by atoms with Crippen molar-refractivity contribution in [2.45, 2.75) is 0 Å². The summed E-state index contributed by atoms with van der Waals surface area (Å²) in [6.07, 6.45) is 4.42. The first kappa shape index (κ1) is 14.3. The molecule has 0 saturated carbocycles. The summed E-state index contributed by atoms with van der Waals surface area (Å²) in [7, 11) is 1.51. The van der Waals surface area contributed by atoms with E-state index in [-0.39, 0.29) is 27.9 Å². The third-order valence-corrected chi connectivity index (χ3v) is 3.65. The third-order valence-electron chi connectivity index (χ3n) is 3.24. The molecule has 0 unspecified atom stereocenters. The summed E-state index contributed by atoms with van der Waals surface area (Å²) in [6, 6.07) is 2.62. The standard InChI is InChI=1S/C14H11ClFN5O/c1-18-14(22)13-10-4-19-9(5-21(10)6-20-13)11-7(16)2-3-8(17)12(11)15/h2-6H,17H2,1H3,(H,18,22). The van der Waals surface area contributed by atoms with Gasteiger partial charge in [-0.2, -0.15) is 0 Å². The molecule has 0 aliphatic rings. The summed E-state index contributed by atoms with van der Waals surface area (Å²) in [4.78, 5) is 19.9. The Kier molecular flexibility index (Phi) is 3.42. The largest absolute Gasteiger partial charge is 0.398 e. The van der Waals surface area contributed by atoms with E-state index in [0.29, 0.717) is 11.2 Å². The van der Waals surface area contributed by atoms with Crippen LogP contribution in [0.1, 0.15) is 10.5 Å². The van der Waals surface area contributed by atoms with Crippen molar-refractivity contribution in [3.8, 4) is 11.3 Å². The minimum Gasteiger partial charge on any atom is -0.398 e. The fourth-order valence-corrected chi connectivity index (χ4v) is 2.37. The van der Waals surface area contributed by atoms with Crippen LogP contribution in [-0.2, 0) is 0 Å². The molecule has 0 spiro atoms. The molecule has 6 nitrogen and oxygen atoms in total. The lowest BCUT2D eigenvalue weighted by Gasteiger charge is -2.08. The Hall–Kier alpha value is -2.67. The van der Waals surface area contributed by atoms with Crippen LogP contribution in [0.15, 0.2) is 30.9 Å². The second-order valence-electron chi connectivity index (χ2n) is 4.56. The number of halogens is 2. The van der Waals surface area contributed by atoms with E-state index in [4.69, 9.17) is 17.3 Å². The van der Waals surface area contributed by atoms with Gasteiger partial charge in [0.15, 0.2) is 5.69 Å². The molecule has 2 heterocycles. The molecule has 1 amide bonds. The van der Waals surface area contributed by atoms with Gasteiger partial charge in [-0.25, -0.2) is 9.37 Å². The summed E-state index contributed by atoms with van der Waals surface area (Å²) < 4.78 is 15.6. The quantitative estimate of drug-likeness (QED) is 0.709. The van der Waals surface area contributed by atoms with Crippen molar-refractivity contribution < 1.29 is 9.18 Å². The number of carbonyl (C=O) groups excluding carboxylic acids is 1. The van der Waals surface area contributed by atoms with Crippen molar-refractivity contribution in [2.75, 3.05) is 12.8 Å². The topological polar surface area (TPSA) is 85.3 Å². The van der Waals surface area contributed by atoms with Crippen LogP contribution in [0.25, 0.3) is 16.8 Å². The lowest BCUT2D eigenvalue weighted by atomic mass is 10.1. The normalized spacial score (nSPS) is 10.9. The third kappa shape index (κ3) is 2.15. The van der Waals surface area contributed by atoms with Crippen molar-refractivity contribution in [1.29, 1.82) is 0 Å². The zero-order valence-corrected chi connectivity index (χ0v) is 12.2. The van der Waals surface area contributed by atoms with E-state index in [1.54, 1.807) is 10.6 Å². The SMILES string of the molecule is CNC(=O)c1ncn2cc(-c3c(F)ccc(N)c3Cl)ncc12. The van der Waals surface area contributed by atoms with Crippen LogP contribution in [0.4, 0.5) is 10.1 Å². The molecule has 0 fully saturated rings. The van der Waals surface area contributed by atoms with Gasteiger partial charge >= 0.3 is 0 Å². The summed E-state index contributed by atoms with van der Waals surface area (Å²) in [6.45, 7) is 0. The predicted molar refractivity (Wildman–Crippen MR) is 81.2 cm³/mol. The molecule has 3 N–H and O–H groups in total. The number of nitrogens with two attached hydrogens (primary N) is 1. The molecular weight excluding hydrogens is 309 g/mol. The van der Waals surface area contributed by atoms with Crippen LogP contribution in [0.3, 0.4) is 0 Å². The zero-order chi connectivity index (χ0) is 15.9. The second-order valence-corrected chi connectivity index (χ2v) is 4.94. The van der Waals surface area contributed by atoms with Crippen LogP contribution in [0.5, 0.6) is 0 Å². The van der Waals surface area contributed by atoms with Gasteiger partial charge in [-0.15, -0.1) is 0 Å². The van der Waals surface area contributed by atoms with Crippen LogP contribution >= 0.6 is 11.6 Å². The summed E-state index contributed by atoms with van der Waals surface area (Å²) in [5.41, 5.74) is 7.11. The van der Waals surface area contributed by atoms with Crippen molar-refractivity contribution in [2.24, 2.45) is 0 Å².